The molecule has 0 fully saturated rings. The first kappa shape index (κ1) is 21.4. The van der Waals surface area contributed by atoms with Crippen molar-refractivity contribution in [1.82, 2.24) is 9.29 Å². The van der Waals surface area contributed by atoms with Gasteiger partial charge < -0.3 is 5.32 Å². The van der Waals surface area contributed by atoms with Crippen LogP contribution in [0.1, 0.15) is 30.8 Å². The van der Waals surface area contributed by atoms with Crippen LogP contribution in [0.4, 0.5) is 5.69 Å². The highest BCUT2D eigenvalue weighted by Gasteiger charge is 2.24. The van der Waals surface area contributed by atoms with E-state index < -0.39 is 10.0 Å². The lowest BCUT2D eigenvalue weighted by Gasteiger charge is -2.20. The molecule has 0 spiro atoms. The molecule has 3 aromatic rings. The molecule has 3 rings (SSSR count). The largest absolute Gasteiger partial charge is 0.326 e. The molecule has 0 atom stereocenters. The predicted octanol–water partition coefficient (Wildman–Crippen LogP) is 4.21. The monoisotopic (exact) mass is 431 g/mol. The van der Waals surface area contributed by atoms with Crippen LogP contribution in [0.15, 0.2) is 47.4 Å². The Balaban J connectivity index is 1.70. The van der Waals surface area contributed by atoms with Crippen LogP contribution in [0.2, 0.25) is 0 Å². The molecule has 6 nitrogen and oxygen atoms in total. The summed E-state index contributed by atoms with van der Waals surface area (Å²) in [5.74, 6) is -0.167. The Kier molecular flexibility index (Phi) is 6.66. The molecular weight excluding hydrogens is 406 g/mol. The number of rotatable bonds is 8. The second kappa shape index (κ2) is 9.02. The second-order valence-corrected chi connectivity index (χ2v) is 9.71. The number of sulfonamides is 1. The molecule has 1 heterocycles. The van der Waals surface area contributed by atoms with Crippen LogP contribution in [-0.4, -0.2) is 36.7 Å². The molecule has 0 saturated heterocycles. The summed E-state index contributed by atoms with van der Waals surface area (Å²) in [6.45, 7) is 6.18. The van der Waals surface area contributed by atoms with Crippen molar-refractivity contribution in [2.24, 2.45) is 0 Å². The zero-order chi connectivity index (χ0) is 21.0. The second-order valence-electron chi connectivity index (χ2n) is 6.69. The quantitative estimate of drug-likeness (QED) is 0.579. The van der Waals surface area contributed by atoms with Crippen LogP contribution >= 0.6 is 11.3 Å². The van der Waals surface area contributed by atoms with Crippen molar-refractivity contribution >= 4 is 43.2 Å². The number of thiazole rings is 1. The third kappa shape index (κ3) is 4.83. The number of fused-ring (bicyclic) bond motifs is 1. The van der Waals surface area contributed by atoms with Crippen LogP contribution in [0.5, 0.6) is 0 Å². The summed E-state index contributed by atoms with van der Waals surface area (Å²) in [4.78, 5) is 17.2. The summed E-state index contributed by atoms with van der Waals surface area (Å²) in [5, 5.41) is 3.73. The molecule has 29 heavy (non-hydrogen) atoms. The van der Waals surface area contributed by atoms with Gasteiger partial charge in [0, 0.05) is 31.6 Å². The van der Waals surface area contributed by atoms with E-state index in [1.165, 1.54) is 4.31 Å². The maximum Gasteiger partial charge on any atom is 0.243 e. The fourth-order valence-electron chi connectivity index (χ4n) is 3.13. The van der Waals surface area contributed by atoms with Crippen molar-refractivity contribution < 1.29 is 13.2 Å². The average molecular weight is 432 g/mol. The summed E-state index contributed by atoms with van der Waals surface area (Å²) < 4.78 is 28.2. The van der Waals surface area contributed by atoms with Gasteiger partial charge in [0.05, 0.1) is 20.1 Å². The highest BCUT2D eigenvalue weighted by molar-refractivity contribution is 7.89. The van der Waals surface area contributed by atoms with Crippen LogP contribution < -0.4 is 5.32 Å². The lowest BCUT2D eigenvalue weighted by molar-refractivity contribution is -0.116. The van der Waals surface area contributed by atoms with E-state index in [1.807, 2.05) is 38.1 Å². The Labute approximate surface area is 175 Å². The fourth-order valence-corrected chi connectivity index (χ4v) is 5.80. The predicted molar refractivity (Wildman–Crippen MR) is 118 cm³/mol. The average Bonchev–Trinajstić information content (AvgIpc) is 3.11. The molecule has 1 amide bonds. The van der Waals surface area contributed by atoms with E-state index in [0.717, 1.165) is 15.2 Å². The number of carbonyl (C=O) groups is 1. The van der Waals surface area contributed by atoms with Gasteiger partial charge in [0.15, 0.2) is 0 Å². The van der Waals surface area contributed by atoms with Crippen molar-refractivity contribution in [3.05, 3.63) is 53.0 Å². The van der Waals surface area contributed by atoms with Gasteiger partial charge >= 0.3 is 0 Å². The number of aromatic nitrogens is 1. The summed E-state index contributed by atoms with van der Waals surface area (Å²) in [7, 11) is -3.59. The van der Waals surface area contributed by atoms with Gasteiger partial charge in [-0.05, 0) is 36.8 Å². The van der Waals surface area contributed by atoms with Gasteiger partial charge in [0.25, 0.3) is 0 Å². The highest BCUT2D eigenvalue weighted by atomic mass is 32.2. The van der Waals surface area contributed by atoms with Crippen LogP contribution in [-0.2, 0) is 21.2 Å². The molecule has 154 valence electrons. The van der Waals surface area contributed by atoms with E-state index in [2.05, 4.69) is 10.3 Å². The number of anilines is 1. The van der Waals surface area contributed by atoms with Gasteiger partial charge in [-0.15, -0.1) is 11.3 Å². The van der Waals surface area contributed by atoms with E-state index in [-0.39, 0.29) is 17.2 Å². The van der Waals surface area contributed by atoms with E-state index in [9.17, 15) is 13.2 Å². The number of hydrogen-bond donors (Lipinski definition) is 1. The molecule has 0 aliphatic rings. The Morgan fingerprint density at radius 2 is 1.86 bits per heavy atom. The van der Waals surface area contributed by atoms with Gasteiger partial charge in [-0.3, -0.25) is 4.79 Å². The molecule has 1 N–H and O–H groups in total. The molecule has 1 aromatic heterocycles. The first-order chi connectivity index (χ1) is 13.8. The van der Waals surface area contributed by atoms with E-state index >= 15 is 0 Å². The number of nitrogens with zero attached hydrogens (tertiary/aromatic N) is 2. The molecule has 0 saturated carbocycles. The first-order valence-electron chi connectivity index (χ1n) is 9.60. The molecule has 0 radical (unpaired) electrons. The van der Waals surface area contributed by atoms with E-state index in [4.69, 9.17) is 0 Å². The maximum atomic E-state index is 12.9. The standard InChI is InChI=1S/C21H25N3O3S2/c1-4-24(5-2)29(26,27)19-14-16(11-10-15(19)3)22-20(25)12-13-21-23-17-8-6-7-9-18(17)28-21/h6-11,14H,4-5,12-13H2,1-3H3,(H,22,25). The Hall–Kier alpha value is -2.29. The lowest BCUT2D eigenvalue weighted by Crippen LogP contribution is -2.31. The first-order valence-corrected chi connectivity index (χ1v) is 11.9. The van der Waals surface area contributed by atoms with Crippen molar-refractivity contribution in [3.63, 3.8) is 0 Å². The summed E-state index contributed by atoms with van der Waals surface area (Å²) in [6, 6.07) is 12.9. The Bertz CT molecular complexity index is 1090. The number of amides is 1. The molecule has 0 bridgehead atoms. The number of hydrogen-bond acceptors (Lipinski definition) is 5. The minimum atomic E-state index is -3.59. The molecule has 2 aromatic carbocycles. The maximum absolute atomic E-state index is 12.9. The summed E-state index contributed by atoms with van der Waals surface area (Å²) >= 11 is 1.59. The van der Waals surface area contributed by atoms with E-state index in [0.29, 0.717) is 30.8 Å². The summed E-state index contributed by atoms with van der Waals surface area (Å²) in [5.41, 5.74) is 2.08. The normalized spacial score (nSPS) is 11.9. The molecule has 8 heteroatoms. The van der Waals surface area contributed by atoms with Crippen molar-refractivity contribution in [1.29, 1.82) is 0 Å². The van der Waals surface area contributed by atoms with Gasteiger partial charge in [-0.25, -0.2) is 13.4 Å². The lowest BCUT2D eigenvalue weighted by atomic mass is 10.2. The van der Waals surface area contributed by atoms with Gasteiger partial charge in [0.1, 0.15) is 0 Å². The van der Waals surface area contributed by atoms with Gasteiger partial charge in [0.2, 0.25) is 15.9 Å². The molecule has 0 unspecified atom stereocenters. The zero-order valence-corrected chi connectivity index (χ0v) is 18.4. The highest BCUT2D eigenvalue weighted by Crippen LogP contribution is 2.25. The molecule has 0 aliphatic heterocycles. The SMILES string of the molecule is CCN(CC)S(=O)(=O)c1cc(NC(=O)CCc2nc3ccccc3s2)ccc1C. The number of benzene rings is 2. The zero-order valence-electron chi connectivity index (χ0n) is 16.8. The topological polar surface area (TPSA) is 79.4 Å². The van der Waals surface area contributed by atoms with Gasteiger partial charge in [-0.2, -0.15) is 4.31 Å². The number of aryl methyl sites for hydroxylation is 2. The third-order valence-electron chi connectivity index (χ3n) is 4.70. The minimum Gasteiger partial charge on any atom is -0.326 e. The minimum absolute atomic E-state index is 0.167. The smallest absolute Gasteiger partial charge is 0.243 e. The molecule has 0 aliphatic carbocycles. The molecular formula is C21H25N3O3S2. The fraction of sp³-hybridized carbons (Fsp3) is 0.333. The third-order valence-corrected chi connectivity index (χ3v) is 7.99. The van der Waals surface area contributed by atoms with Gasteiger partial charge in [-0.1, -0.05) is 32.0 Å². The summed E-state index contributed by atoms with van der Waals surface area (Å²) in [6.07, 6.45) is 0.827. The van der Waals surface area contributed by atoms with Crippen molar-refractivity contribution in [3.8, 4) is 0 Å². The number of para-hydroxylation sites is 1. The van der Waals surface area contributed by atoms with Crippen molar-refractivity contribution in [2.75, 3.05) is 18.4 Å². The Morgan fingerprint density at radius 1 is 1.14 bits per heavy atom. The Morgan fingerprint density at radius 3 is 2.55 bits per heavy atom. The van der Waals surface area contributed by atoms with E-state index in [1.54, 1.807) is 36.5 Å². The van der Waals surface area contributed by atoms with Crippen molar-refractivity contribution in [2.45, 2.75) is 38.5 Å². The van der Waals surface area contributed by atoms with Crippen LogP contribution in [0.3, 0.4) is 0 Å². The number of nitrogens with one attached hydrogen (secondary N) is 1. The van der Waals surface area contributed by atoms with Crippen LogP contribution in [0, 0.1) is 6.92 Å². The van der Waals surface area contributed by atoms with Crippen LogP contribution in [0.25, 0.3) is 10.2 Å². The number of carbonyl (C=O) groups excluding carboxylic acids is 1.